The molecule has 5 heteroatoms. The van der Waals surface area contributed by atoms with E-state index in [4.69, 9.17) is 0 Å². The molecule has 0 aliphatic heterocycles. The summed E-state index contributed by atoms with van der Waals surface area (Å²) in [7, 11) is 0. The molecule has 1 unspecified atom stereocenters. The molecule has 20 heavy (non-hydrogen) atoms. The van der Waals surface area contributed by atoms with Gasteiger partial charge >= 0.3 is 0 Å². The first kappa shape index (κ1) is 19.2. The number of hydrogen-bond donors (Lipinski definition) is 4. The van der Waals surface area contributed by atoms with Crippen LogP contribution in [0.2, 0.25) is 0 Å². The van der Waals surface area contributed by atoms with Gasteiger partial charge in [-0.05, 0) is 60.1 Å². The van der Waals surface area contributed by atoms with Gasteiger partial charge in [0.15, 0.2) is 5.78 Å². The highest BCUT2D eigenvalue weighted by atomic mass is 16.4. The van der Waals surface area contributed by atoms with Gasteiger partial charge in [0.25, 0.3) is 0 Å². The molecule has 5 nitrogen and oxygen atoms in total. The Morgan fingerprint density at radius 2 is 1.30 bits per heavy atom. The van der Waals surface area contributed by atoms with Crippen LogP contribution in [-0.4, -0.2) is 48.6 Å². The minimum atomic E-state index is -1.88. The van der Waals surface area contributed by atoms with E-state index in [1.165, 1.54) is 33.8 Å². The lowest BCUT2D eigenvalue weighted by atomic mass is 9.77. The Bertz CT molecular complexity index is 390. The van der Waals surface area contributed by atoms with Gasteiger partial charge in [-0.15, -0.1) is 0 Å². The highest BCUT2D eigenvalue weighted by molar-refractivity contribution is 5.87. The van der Waals surface area contributed by atoms with E-state index in [1.54, 1.807) is 20.8 Å². The minimum absolute atomic E-state index is 0.422. The standard InChI is InChI=1S/C15H28O5/c1-10(12(2,3)17)8-15(20,14(6,7)19)9-11(16)13(4,5)18/h8,17-20H,9H2,1-7H3/b10-8+. The van der Waals surface area contributed by atoms with E-state index >= 15 is 0 Å². The van der Waals surface area contributed by atoms with E-state index in [1.807, 2.05) is 0 Å². The number of ketones is 1. The maximum absolute atomic E-state index is 11.9. The van der Waals surface area contributed by atoms with E-state index in [-0.39, 0.29) is 0 Å². The van der Waals surface area contributed by atoms with Crippen molar-refractivity contribution < 1.29 is 25.2 Å². The normalized spacial score (nSPS) is 17.9. The van der Waals surface area contributed by atoms with Gasteiger partial charge in [0.05, 0.1) is 11.2 Å². The summed E-state index contributed by atoms with van der Waals surface area (Å²) in [4.78, 5) is 11.9. The molecule has 0 aromatic carbocycles. The van der Waals surface area contributed by atoms with Crippen molar-refractivity contribution >= 4 is 5.78 Å². The second kappa shape index (κ2) is 5.56. The summed E-state index contributed by atoms with van der Waals surface area (Å²) in [5.74, 6) is -0.595. The van der Waals surface area contributed by atoms with E-state index in [0.717, 1.165) is 0 Å². The summed E-state index contributed by atoms with van der Waals surface area (Å²) < 4.78 is 0. The van der Waals surface area contributed by atoms with Crippen molar-refractivity contribution in [1.82, 2.24) is 0 Å². The molecule has 0 rings (SSSR count). The zero-order valence-electron chi connectivity index (χ0n) is 13.5. The van der Waals surface area contributed by atoms with Crippen LogP contribution in [0.5, 0.6) is 0 Å². The molecule has 0 saturated heterocycles. The highest BCUT2D eigenvalue weighted by Gasteiger charge is 2.45. The van der Waals surface area contributed by atoms with Crippen molar-refractivity contribution in [3.63, 3.8) is 0 Å². The SMILES string of the molecule is C/C(=C\C(O)(CC(=O)C(C)(C)O)C(C)(C)O)C(C)(C)O. The average molecular weight is 288 g/mol. The number of Topliss-reactive ketones (excluding diaryl/α,β-unsaturated/α-hetero) is 1. The van der Waals surface area contributed by atoms with E-state index in [2.05, 4.69) is 0 Å². The molecule has 0 saturated carbocycles. The number of carbonyl (C=O) groups excluding carboxylic acids is 1. The zero-order chi connectivity index (χ0) is 16.6. The number of carbonyl (C=O) groups is 1. The van der Waals surface area contributed by atoms with Gasteiger partial charge in [-0.3, -0.25) is 4.79 Å². The van der Waals surface area contributed by atoms with Crippen molar-refractivity contribution in [2.45, 2.75) is 77.3 Å². The van der Waals surface area contributed by atoms with Gasteiger partial charge in [-0.25, -0.2) is 0 Å². The van der Waals surface area contributed by atoms with Crippen LogP contribution in [0.4, 0.5) is 0 Å². The third kappa shape index (κ3) is 4.98. The lowest BCUT2D eigenvalue weighted by molar-refractivity contribution is -0.149. The Labute approximate surface area is 120 Å². The van der Waals surface area contributed by atoms with E-state index < -0.39 is 34.6 Å². The predicted molar refractivity (Wildman–Crippen MR) is 77.2 cm³/mol. The smallest absolute Gasteiger partial charge is 0.167 e. The topological polar surface area (TPSA) is 98.0 Å². The second-order valence-corrected chi connectivity index (χ2v) is 7.03. The molecule has 0 aromatic rings. The minimum Gasteiger partial charge on any atom is -0.387 e. The number of hydrogen-bond acceptors (Lipinski definition) is 5. The largest absolute Gasteiger partial charge is 0.387 e. The third-order valence-corrected chi connectivity index (χ3v) is 3.59. The van der Waals surface area contributed by atoms with Crippen LogP contribution in [0.3, 0.4) is 0 Å². The van der Waals surface area contributed by atoms with Crippen LogP contribution in [0.15, 0.2) is 11.6 Å². The van der Waals surface area contributed by atoms with E-state index in [9.17, 15) is 25.2 Å². The summed E-state index contributed by atoms with van der Waals surface area (Å²) in [5.41, 5.74) is -5.85. The Morgan fingerprint density at radius 3 is 1.55 bits per heavy atom. The van der Waals surface area contributed by atoms with Crippen LogP contribution >= 0.6 is 0 Å². The van der Waals surface area contributed by atoms with Crippen molar-refractivity contribution in [3.05, 3.63) is 11.6 Å². The fraction of sp³-hybridized carbons (Fsp3) is 0.800. The monoisotopic (exact) mass is 288 g/mol. The Morgan fingerprint density at radius 1 is 0.900 bits per heavy atom. The molecule has 0 aliphatic rings. The fourth-order valence-electron chi connectivity index (χ4n) is 1.44. The van der Waals surface area contributed by atoms with Crippen LogP contribution in [0.1, 0.15) is 54.9 Å². The number of rotatable bonds is 6. The van der Waals surface area contributed by atoms with Gasteiger partial charge in [-0.2, -0.15) is 0 Å². The van der Waals surface area contributed by atoms with Gasteiger partial charge < -0.3 is 20.4 Å². The first-order valence-corrected chi connectivity index (χ1v) is 6.63. The van der Waals surface area contributed by atoms with Gasteiger partial charge in [-0.1, -0.05) is 0 Å². The van der Waals surface area contributed by atoms with Crippen molar-refractivity contribution in [1.29, 1.82) is 0 Å². The molecular weight excluding hydrogens is 260 g/mol. The zero-order valence-corrected chi connectivity index (χ0v) is 13.5. The van der Waals surface area contributed by atoms with Crippen molar-refractivity contribution in [2.75, 3.05) is 0 Å². The summed E-state index contributed by atoms with van der Waals surface area (Å²) in [5, 5.41) is 40.4. The Balaban J connectivity index is 5.64. The molecule has 118 valence electrons. The molecule has 0 spiro atoms. The van der Waals surface area contributed by atoms with Crippen molar-refractivity contribution in [3.8, 4) is 0 Å². The molecule has 0 bridgehead atoms. The molecule has 0 amide bonds. The molecule has 4 N–H and O–H groups in total. The maximum atomic E-state index is 11.9. The summed E-state index contributed by atoms with van der Waals surface area (Å²) in [6, 6.07) is 0. The van der Waals surface area contributed by atoms with Gasteiger partial charge in [0, 0.05) is 6.42 Å². The summed E-state index contributed by atoms with van der Waals surface area (Å²) >= 11 is 0. The summed E-state index contributed by atoms with van der Waals surface area (Å²) in [6.07, 6.45) is 0.837. The van der Waals surface area contributed by atoms with E-state index in [0.29, 0.717) is 5.57 Å². The van der Waals surface area contributed by atoms with Crippen LogP contribution in [0, 0.1) is 0 Å². The van der Waals surface area contributed by atoms with Crippen molar-refractivity contribution in [2.24, 2.45) is 0 Å². The molecule has 1 atom stereocenters. The first-order chi connectivity index (χ1) is 8.51. The molecule has 0 fully saturated rings. The average Bonchev–Trinajstić information content (AvgIpc) is 2.12. The Kier molecular flexibility index (Phi) is 5.35. The van der Waals surface area contributed by atoms with Crippen LogP contribution in [0.25, 0.3) is 0 Å². The quantitative estimate of drug-likeness (QED) is 0.545. The van der Waals surface area contributed by atoms with Gasteiger partial charge in [0.1, 0.15) is 11.2 Å². The molecule has 0 aromatic heterocycles. The predicted octanol–water partition coefficient (Wildman–Crippen LogP) is 0.936. The molecule has 0 heterocycles. The Hall–Kier alpha value is -0.750. The fourth-order valence-corrected chi connectivity index (χ4v) is 1.44. The highest BCUT2D eigenvalue weighted by Crippen LogP contribution is 2.32. The maximum Gasteiger partial charge on any atom is 0.167 e. The number of aliphatic hydroxyl groups is 4. The molecule has 0 aliphatic carbocycles. The summed E-state index contributed by atoms with van der Waals surface area (Å²) in [6.45, 7) is 10.1. The van der Waals surface area contributed by atoms with Gasteiger partial charge in [0.2, 0.25) is 0 Å². The second-order valence-electron chi connectivity index (χ2n) is 7.03. The van der Waals surface area contributed by atoms with Crippen LogP contribution < -0.4 is 0 Å². The lowest BCUT2D eigenvalue weighted by Gasteiger charge is -2.38. The van der Waals surface area contributed by atoms with Crippen LogP contribution in [-0.2, 0) is 4.79 Å². The lowest BCUT2D eigenvalue weighted by Crippen LogP contribution is -2.52. The third-order valence-electron chi connectivity index (χ3n) is 3.59. The molecule has 0 radical (unpaired) electrons. The first-order valence-electron chi connectivity index (χ1n) is 6.63. The molecular formula is C15H28O5.